The first-order chi connectivity index (χ1) is 18.7. The predicted octanol–water partition coefficient (Wildman–Crippen LogP) is 6.00. The Morgan fingerprint density at radius 1 is 0.868 bits per heavy atom. The molecule has 38 heavy (non-hydrogen) atoms. The number of hydrogen-bond donors (Lipinski definition) is 0. The van der Waals surface area contributed by atoms with Gasteiger partial charge < -0.3 is 9.47 Å². The van der Waals surface area contributed by atoms with Crippen molar-refractivity contribution in [2.45, 2.75) is 55.3 Å². The molecule has 0 saturated carbocycles. The van der Waals surface area contributed by atoms with Gasteiger partial charge in [0.2, 0.25) is 0 Å². The van der Waals surface area contributed by atoms with Crippen molar-refractivity contribution in [1.82, 2.24) is 14.9 Å². The largest absolute Gasteiger partial charge is 0.453 e. The van der Waals surface area contributed by atoms with Crippen LogP contribution in [0.15, 0.2) is 115 Å². The number of benzene rings is 3. The summed E-state index contributed by atoms with van der Waals surface area (Å²) in [5, 5.41) is 0.587. The van der Waals surface area contributed by atoms with Crippen LogP contribution in [-0.2, 0) is 22.6 Å². The zero-order chi connectivity index (χ0) is 26.2. The van der Waals surface area contributed by atoms with Crippen LogP contribution in [0, 0.1) is 0 Å². The maximum absolute atomic E-state index is 13.3. The predicted molar refractivity (Wildman–Crippen MR) is 148 cm³/mol. The fourth-order valence-corrected chi connectivity index (χ4v) is 5.81. The summed E-state index contributed by atoms with van der Waals surface area (Å²) in [7, 11) is 0. The van der Waals surface area contributed by atoms with Crippen molar-refractivity contribution in [2.75, 3.05) is 0 Å². The highest BCUT2D eigenvalue weighted by Crippen LogP contribution is 2.36. The Morgan fingerprint density at radius 3 is 2.00 bits per heavy atom. The van der Waals surface area contributed by atoms with Gasteiger partial charge in [0.1, 0.15) is 5.44 Å². The lowest BCUT2D eigenvalue weighted by molar-refractivity contribution is -0.121. The second-order valence-corrected chi connectivity index (χ2v) is 10.4. The van der Waals surface area contributed by atoms with Gasteiger partial charge in [-0.05, 0) is 42.7 Å². The fourth-order valence-electron chi connectivity index (χ4n) is 4.75. The third-order valence-electron chi connectivity index (χ3n) is 6.53. The molecule has 0 N–H and O–H groups in total. The Balaban J connectivity index is 1.49. The number of ether oxygens (including phenoxy) is 2. The van der Waals surface area contributed by atoms with E-state index in [0.29, 0.717) is 23.8 Å². The van der Waals surface area contributed by atoms with Crippen LogP contribution in [0.25, 0.3) is 0 Å². The molecule has 1 fully saturated rings. The summed E-state index contributed by atoms with van der Waals surface area (Å²) in [5.74, 6) is -0.363. The van der Waals surface area contributed by atoms with E-state index in [1.807, 2.05) is 30.3 Å². The number of rotatable bonds is 9. The Kier molecular flexibility index (Phi) is 8.81. The van der Waals surface area contributed by atoms with Gasteiger partial charge in [-0.1, -0.05) is 90.6 Å². The molecule has 0 radical (unpaired) electrons. The van der Waals surface area contributed by atoms with Gasteiger partial charge in [-0.3, -0.25) is 4.90 Å². The first kappa shape index (κ1) is 26.1. The van der Waals surface area contributed by atoms with Gasteiger partial charge in [-0.25, -0.2) is 14.8 Å². The third kappa shape index (κ3) is 6.86. The molecule has 1 saturated heterocycles. The second kappa shape index (κ2) is 12.8. The maximum Gasteiger partial charge on any atom is 0.338 e. The number of thioether (sulfide) groups is 1. The molecule has 4 atom stereocenters. The molecule has 7 heteroatoms. The van der Waals surface area contributed by atoms with E-state index >= 15 is 0 Å². The van der Waals surface area contributed by atoms with Crippen molar-refractivity contribution in [1.29, 1.82) is 0 Å². The van der Waals surface area contributed by atoms with Crippen LogP contribution >= 0.6 is 11.8 Å². The van der Waals surface area contributed by atoms with Crippen LogP contribution in [0.5, 0.6) is 0 Å². The number of carbonyl (C=O) groups is 1. The summed E-state index contributed by atoms with van der Waals surface area (Å²) in [6.45, 7) is 3.50. The number of nitrogens with zero attached hydrogens (tertiary/aromatic N) is 3. The summed E-state index contributed by atoms with van der Waals surface area (Å²) >= 11 is 1.40. The van der Waals surface area contributed by atoms with Crippen molar-refractivity contribution in [3.63, 3.8) is 0 Å². The minimum atomic E-state index is -0.542. The lowest BCUT2D eigenvalue weighted by Crippen LogP contribution is -2.55. The molecule has 0 amide bonds. The second-order valence-electron chi connectivity index (χ2n) is 9.38. The molecule has 5 rings (SSSR count). The van der Waals surface area contributed by atoms with Crippen LogP contribution in [0.1, 0.15) is 34.8 Å². The molecule has 0 aliphatic carbocycles. The minimum Gasteiger partial charge on any atom is -0.453 e. The highest BCUT2D eigenvalue weighted by atomic mass is 32.2. The van der Waals surface area contributed by atoms with Gasteiger partial charge >= 0.3 is 5.97 Å². The zero-order valence-corrected chi connectivity index (χ0v) is 22.1. The van der Waals surface area contributed by atoms with Crippen LogP contribution < -0.4 is 0 Å². The van der Waals surface area contributed by atoms with Crippen molar-refractivity contribution in [3.8, 4) is 0 Å². The average Bonchev–Trinajstić information content (AvgIpc) is 2.96. The van der Waals surface area contributed by atoms with Gasteiger partial charge in [-0.2, -0.15) is 0 Å². The number of carbonyl (C=O) groups excluding carboxylic acids is 1. The van der Waals surface area contributed by atoms with E-state index in [-0.39, 0.29) is 18.1 Å². The topological polar surface area (TPSA) is 64.5 Å². The van der Waals surface area contributed by atoms with Crippen LogP contribution in [-0.4, -0.2) is 44.5 Å². The molecule has 1 aliphatic heterocycles. The molecule has 1 aliphatic rings. The standard InChI is InChI=1S/C31H31N3O3S/c1-23-20-27(34(21-24-12-5-2-6-13-24)22-25-14-7-3-8-15-25)28(37-29(35)26-16-9-4-10-17-26)30(36-23)38-31-32-18-11-19-33-31/h2-19,23,27-28,30H,20-22H2,1H3/t23-,27+,28-,30+/m1/s1. The van der Waals surface area contributed by atoms with E-state index in [0.717, 1.165) is 6.42 Å². The van der Waals surface area contributed by atoms with Crippen molar-refractivity contribution < 1.29 is 14.3 Å². The van der Waals surface area contributed by atoms with E-state index in [4.69, 9.17) is 9.47 Å². The quantitative estimate of drug-likeness (QED) is 0.196. The van der Waals surface area contributed by atoms with Crippen LogP contribution in [0.4, 0.5) is 0 Å². The fraction of sp³-hybridized carbons (Fsp3) is 0.258. The number of hydrogen-bond acceptors (Lipinski definition) is 7. The SMILES string of the molecule is C[C@@H]1C[C@H](N(Cc2ccccc2)Cc2ccccc2)[C@@H](OC(=O)c2ccccc2)[C@H](Sc2ncccn2)O1. The molecule has 3 aromatic carbocycles. The van der Waals surface area contributed by atoms with E-state index in [1.54, 1.807) is 30.6 Å². The van der Waals surface area contributed by atoms with Gasteiger partial charge in [-0.15, -0.1) is 0 Å². The Bertz CT molecular complexity index is 1240. The van der Waals surface area contributed by atoms with Crippen molar-refractivity contribution >= 4 is 17.7 Å². The lowest BCUT2D eigenvalue weighted by atomic mass is 9.97. The van der Waals surface area contributed by atoms with Gasteiger partial charge in [0.05, 0.1) is 17.7 Å². The van der Waals surface area contributed by atoms with E-state index in [1.165, 1.54) is 22.9 Å². The molecular weight excluding hydrogens is 494 g/mol. The van der Waals surface area contributed by atoms with E-state index in [2.05, 4.69) is 70.3 Å². The van der Waals surface area contributed by atoms with Gasteiger partial charge in [0, 0.05) is 25.5 Å². The molecule has 6 nitrogen and oxygen atoms in total. The summed E-state index contributed by atoms with van der Waals surface area (Å²) in [5.41, 5.74) is 2.45. The van der Waals surface area contributed by atoms with Gasteiger partial charge in [0.15, 0.2) is 11.3 Å². The molecule has 194 valence electrons. The molecule has 0 unspecified atom stereocenters. The molecule has 0 bridgehead atoms. The van der Waals surface area contributed by atoms with E-state index in [9.17, 15) is 4.79 Å². The molecular formula is C31H31N3O3S. The average molecular weight is 526 g/mol. The maximum atomic E-state index is 13.3. The summed E-state index contributed by atoms with van der Waals surface area (Å²) in [6.07, 6.45) is 3.56. The first-order valence-corrected chi connectivity index (χ1v) is 13.7. The van der Waals surface area contributed by atoms with E-state index < -0.39 is 11.5 Å². The molecule has 4 aromatic rings. The summed E-state index contributed by atoms with van der Waals surface area (Å²) in [4.78, 5) is 24.5. The lowest BCUT2D eigenvalue weighted by Gasteiger charge is -2.45. The monoisotopic (exact) mass is 525 g/mol. The van der Waals surface area contributed by atoms with Gasteiger partial charge in [0.25, 0.3) is 0 Å². The summed E-state index contributed by atoms with van der Waals surface area (Å²) in [6, 6.07) is 31.6. The Labute approximate surface area is 228 Å². The summed E-state index contributed by atoms with van der Waals surface area (Å²) < 4.78 is 12.7. The molecule has 2 heterocycles. The Hall–Kier alpha value is -3.52. The highest BCUT2D eigenvalue weighted by Gasteiger charge is 2.44. The number of aromatic nitrogens is 2. The highest BCUT2D eigenvalue weighted by molar-refractivity contribution is 7.99. The smallest absolute Gasteiger partial charge is 0.338 e. The normalized spacial score (nSPS) is 21.2. The van der Waals surface area contributed by atoms with Crippen LogP contribution in [0.3, 0.4) is 0 Å². The number of esters is 1. The minimum absolute atomic E-state index is 0.0399. The zero-order valence-electron chi connectivity index (χ0n) is 21.3. The van der Waals surface area contributed by atoms with Crippen molar-refractivity contribution in [3.05, 3.63) is 126 Å². The molecule has 0 spiro atoms. The third-order valence-corrected chi connectivity index (χ3v) is 7.56. The Morgan fingerprint density at radius 2 is 1.42 bits per heavy atom. The first-order valence-electron chi connectivity index (χ1n) is 12.8. The molecule has 1 aromatic heterocycles. The van der Waals surface area contributed by atoms with Crippen LogP contribution in [0.2, 0.25) is 0 Å². The van der Waals surface area contributed by atoms with Crippen molar-refractivity contribution in [2.24, 2.45) is 0 Å².